The molecule has 0 aliphatic carbocycles. The summed E-state index contributed by atoms with van der Waals surface area (Å²) in [5.74, 6) is 1.17. The van der Waals surface area contributed by atoms with Crippen LogP contribution in [-0.2, 0) is 6.42 Å². The van der Waals surface area contributed by atoms with Crippen molar-refractivity contribution in [2.75, 3.05) is 18.6 Å². The number of nitrogens with zero attached hydrogens (tertiary/aromatic N) is 3. The molecule has 0 saturated heterocycles. The Morgan fingerprint density at radius 1 is 1.22 bits per heavy atom. The van der Waals surface area contributed by atoms with Crippen molar-refractivity contribution in [3.63, 3.8) is 0 Å². The Bertz CT molecular complexity index is 1150. The monoisotopic (exact) mass is 454 g/mol. The highest BCUT2D eigenvalue weighted by molar-refractivity contribution is 7.79. The van der Waals surface area contributed by atoms with E-state index < -0.39 is 0 Å². The van der Waals surface area contributed by atoms with E-state index in [0.29, 0.717) is 30.0 Å². The van der Waals surface area contributed by atoms with Crippen LogP contribution in [0.25, 0.3) is 10.9 Å². The number of ether oxygens (including phenoxy) is 1. The average Bonchev–Trinajstić information content (AvgIpc) is 3.21. The van der Waals surface area contributed by atoms with Crippen LogP contribution in [0.15, 0.2) is 41.6 Å². The highest BCUT2D eigenvalue weighted by Crippen LogP contribution is 2.38. The molecule has 0 bridgehead atoms. The number of nitrogens with one attached hydrogen (secondary N) is 1. The molecule has 0 spiro atoms. The summed E-state index contributed by atoms with van der Waals surface area (Å²) in [6, 6.07) is 9.20. The van der Waals surface area contributed by atoms with Crippen LogP contribution in [0.3, 0.4) is 0 Å². The highest BCUT2D eigenvalue weighted by atomic mass is 32.1. The van der Waals surface area contributed by atoms with Crippen LogP contribution in [0, 0.1) is 0 Å². The third kappa shape index (κ3) is 4.23. The molecule has 3 aromatic rings. The maximum atomic E-state index is 10.6. The average molecular weight is 455 g/mol. The first kappa shape index (κ1) is 23.4. The summed E-state index contributed by atoms with van der Waals surface area (Å²) in [6.45, 7) is 8.69. The standard InChI is InChI=1S/C24H30N4O3S/c1-6-16-12-18(21(30)13-20(16)29)24(26-25-5)28(14-32)19-8-9-22(31-7-2)23-17(19)10-11-27(23)15(3)4/h8-15,25,29-30H,6-7H2,1-5H3/b26-24-. The zero-order chi connectivity index (χ0) is 23.4. The van der Waals surface area contributed by atoms with E-state index in [2.05, 4.69) is 28.9 Å². The first-order valence-corrected chi connectivity index (χ1v) is 11.1. The second-order valence-corrected chi connectivity index (χ2v) is 7.79. The van der Waals surface area contributed by atoms with E-state index in [1.165, 1.54) is 11.6 Å². The molecule has 0 fully saturated rings. The van der Waals surface area contributed by atoms with E-state index in [4.69, 9.17) is 17.0 Å². The van der Waals surface area contributed by atoms with Crippen LogP contribution in [0.1, 0.15) is 44.9 Å². The van der Waals surface area contributed by atoms with Crippen molar-refractivity contribution in [2.24, 2.45) is 5.10 Å². The fourth-order valence-corrected chi connectivity index (χ4v) is 4.02. The number of phenolic OH excluding ortho intramolecular Hbond substituents is 2. The zero-order valence-electron chi connectivity index (χ0n) is 19.1. The van der Waals surface area contributed by atoms with Gasteiger partial charge in [0.1, 0.15) is 17.2 Å². The number of hydrazone groups is 1. The minimum atomic E-state index is -0.0857. The van der Waals surface area contributed by atoms with Crippen LogP contribution >= 0.6 is 12.2 Å². The Hall–Kier alpha value is -3.26. The van der Waals surface area contributed by atoms with Gasteiger partial charge in [-0.1, -0.05) is 19.1 Å². The Kier molecular flexibility index (Phi) is 7.25. The molecule has 3 N–H and O–H groups in total. The van der Waals surface area contributed by atoms with Crippen LogP contribution in [0.4, 0.5) is 5.69 Å². The molecule has 170 valence electrons. The van der Waals surface area contributed by atoms with Crippen molar-refractivity contribution in [1.29, 1.82) is 0 Å². The fourth-order valence-electron chi connectivity index (χ4n) is 3.80. The predicted octanol–water partition coefficient (Wildman–Crippen LogP) is 4.94. The smallest absolute Gasteiger partial charge is 0.168 e. The third-order valence-corrected chi connectivity index (χ3v) is 5.51. The van der Waals surface area contributed by atoms with Gasteiger partial charge in [0.15, 0.2) is 5.84 Å². The van der Waals surface area contributed by atoms with E-state index in [1.54, 1.807) is 18.0 Å². The van der Waals surface area contributed by atoms with Gasteiger partial charge in [0.25, 0.3) is 0 Å². The van der Waals surface area contributed by atoms with Gasteiger partial charge in [-0.25, -0.2) is 0 Å². The molecule has 0 atom stereocenters. The molecular weight excluding hydrogens is 424 g/mol. The maximum absolute atomic E-state index is 10.6. The Morgan fingerprint density at radius 3 is 2.56 bits per heavy atom. The minimum Gasteiger partial charge on any atom is -0.508 e. The van der Waals surface area contributed by atoms with E-state index in [0.717, 1.165) is 22.3 Å². The summed E-state index contributed by atoms with van der Waals surface area (Å²) in [5.41, 5.74) is 7.24. The van der Waals surface area contributed by atoms with Gasteiger partial charge in [-0.2, -0.15) is 5.10 Å². The lowest BCUT2D eigenvalue weighted by Gasteiger charge is -2.24. The van der Waals surface area contributed by atoms with Crippen LogP contribution in [0.5, 0.6) is 17.2 Å². The quantitative estimate of drug-likeness (QED) is 0.194. The molecule has 0 aliphatic rings. The molecule has 8 heteroatoms. The highest BCUT2D eigenvalue weighted by Gasteiger charge is 2.23. The molecule has 0 unspecified atom stereocenters. The van der Waals surface area contributed by atoms with Gasteiger partial charge < -0.3 is 24.9 Å². The molecule has 0 amide bonds. The second kappa shape index (κ2) is 9.91. The third-order valence-electron chi connectivity index (χ3n) is 5.30. The number of phenols is 2. The van der Waals surface area contributed by atoms with Crippen molar-refractivity contribution >= 4 is 40.1 Å². The number of thiocarbonyl (C=S) groups is 1. The lowest BCUT2D eigenvalue weighted by atomic mass is 10.0. The van der Waals surface area contributed by atoms with Crippen LogP contribution < -0.4 is 15.1 Å². The first-order chi connectivity index (χ1) is 15.4. The number of aryl methyl sites for hydroxylation is 1. The van der Waals surface area contributed by atoms with Crippen LogP contribution in [-0.4, -0.2) is 39.8 Å². The van der Waals surface area contributed by atoms with Crippen molar-refractivity contribution in [2.45, 2.75) is 40.2 Å². The van der Waals surface area contributed by atoms with Gasteiger partial charge in [-0.05, 0) is 57.0 Å². The minimum absolute atomic E-state index is 0.0453. The summed E-state index contributed by atoms with van der Waals surface area (Å²) in [4.78, 5) is 1.75. The van der Waals surface area contributed by atoms with E-state index in [-0.39, 0.29) is 17.5 Å². The SMILES string of the molecule is CCOc1ccc(N(C=S)/C(=N\NC)c2cc(CC)c(O)cc2O)c2ccn(C(C)C)c12. The number of aromatic hydroxyl groups is 2. The maximum Gasteiger partial charge on any atom is 0.168 e. The Morgan fingerprint density at radius 2 is 1.97 bits per heavy atom. The van der Waals surface area contributed by atoms with Crippen molar-refractivity contribution < 1.29 is 14.9 Å². The number of rotatable bonds is 8. The Balaban J connectivity index is 2.26. The van der Waals surface area contributed by atoms with Crippen LogP contribution in [0.2, 0.25) is 0 Å². The summed E-state index contributed by atoms with van der Waals surface area (Å²) in [7, 11) is 1.68. The fraction of sp³-hybridized carbons (Fsp3) is 0.333. The summed E-state index contributed by atoms with van der Waals surface area (Å²) in [6.07, 6.45) is 2.64. The van der Waals surface area contributed by atoms with Gasteiger partial charge in [0.2, 0.25) is 0 Å². The number of fused-ring (bicyclic) bond motifs is 1. The number of amidine groups is 1. The molecule has 32 heavy (non-hydrogen) atoms. The number of aromatic nitrogens is 1. The lowest BCUT2D eigenvalue weighted by Crippen LogP contribution is -2.31. The van der Waals surface area contributed by atoms with Gasteiger partial charge in [-0.15, -0.1) is 0 Å². The molecule has 0 radical (unpaired) electrons. The van der Waals surface area contributed by atoms with E-state index in [1.807, 2.05) is 38.2 Å². The van der Waals surface area contributed by atoms with Crippen molar-refractivity contribution in [3.8, 4) is 17.2 Å². The number of hydrogen-bond donors (Lipinski definition) is 3. The molecule has 7 nitrogen and oxygen atoms in total. The lowest BCUT2D eigenvalue weighted by molar-refractivity contribution is 0.342. The molecule has 1 heterocycles. The summed E-state index contributed by atoms with van der Waals surface area (Å²) in [5, 5.41) is 26.2. The molecule has 3 rings (SSSR count). The van der Waals surface area contributed by atoms with Gasteiger partial charge in [0, 0.05) is 30.7 Å². The first-order valence-electron chi connectivity index (χ1n) is 10.7. The predicted molar refractivity (Wildman–Crippen MR) is 134 cm³/mol. The summed E-state index contributed by atoms with van der Waals surface area (Å²) >= 11 is 5.40. The van der Waals surface area contributed by atoms with E-state index in [9.17, 15) is 10.2 Å². The second-order valence-electron chi connectivity index (χ2n) is 7.58. The number of benzene rings is 2. The number of hydrogen-bond acceptors (Lipinski definition) is 6. The topological polar surface area (TPSA) is 82.2 Å². The molecule has 0 saturated carbocycles. The van der Waals surface area contributed by atoms with Crippen molar-refractivity contribution in [3.05, 3.63) is 47.7 Å². The van der Waals surface area contributed by atoms with Crippen molar-refractivity contribution in [1.82, 2.24) is 9.99 Å². The largest absolute Gasteiger partial charge is 0.508 e. The molecular formula is C24H30N4O3S. The normalized spacial score (nSPS) is 11.8. The van der Waals surface area contributed by atoms with Gasteiger partial charge in [-0.3, -0.25) is 4.90 Å². The number of anilines is 1. The van der Waals surface area contributed by atoms with Gasteiger partial charge >= 0.3 is 0 Å². The molecule has 2 aromatic carbocycles. The zero-order valence-corrected chi connectivity index (χ0v) is 19.9. The van der Waals surface area contributed by atoms with Gasteiger partial charge in [0.05, 0.1) is 28.9 Å². The Labute approximate surface area is 193 Å². The summed E-state index contributed by atoms with van der Waals surface area (Å²) < 4.78 is 8.07. The molecule has 1 aromatic heterocycles. The molecule has 0 aliphatic heterocycles. The van der Waals surface area contributed by atoms with E-state index >= 15 is 0 Å².